The van der Waals surface area contributed by atoms with Gasteiger partial charge in [0.25, 0.3) is 0 Å². The number of alkyl halides is 1. The number of aliphatic hydroxyl groups is 2. The van der Waals surface area contributed by atoms with Gasteiger partial charge in [-0.3, -0.25) is 0 Å². The molecule has 1 saturated heterocycles. The zero-order chi connectivity index (χ0) is 14.4. The Kier molecular flexibility index (Phi) is 6.70. The van der Waals surface area contributed by atoms with Gasteiger partial charge in [-0.2, -0.15) is 0 Å². The minimum absolute atomic E-state index is 0.138. The smallest absolute Gasteiger partial charge is 0.112 e. The van der Waals surface area contributed by atoms with Crippen LogP contribution in [-0.2, 0) is 16.1 Å². The van der Waals surface area contributed by atoms with Gasteiger partial charge < -0.3 is 19.7 Å². The van der Waals surface area contributed by atoms with Crippen molar-refractivity contribution < 1.29 is 19.7 Å². The summed E-state index contributed by atoms with van der Waals surface area (Å²) in [5.41, 5.74) is 1.05. The van der Waals surface area contributed by atoms with Crippen molar-refractivity contribution in [1.82, 2.24) is 0 Å². The van der Waals surface area contributed by atoms with Gasteiger partial charge in [-0.15, -0.1) is 0 Å². The van der Waals surface area contributed by atoms with E-state index in [1.165, 1.54) is 0 Å². The summed E-state index contributed by atoms with van der Waals surface area (Å²) in [6.07, 6.45) is 0.556. The molecular formula is C15H21IO4. The molecule has 20 heavy (non-hydrogen) atoms. The topological polar surface area (TPSA) is 58.9 Å². The molecule has 1 unspecified atom stereocenters. The molecule has 0 spiro atoms. The lowest BCUT2D eigenvalue weighted by Gasteiger charge is -2.27. The Bertz CT molecular complexity index is 387. The van der Waals surface area contributed by atoms with Gasteiger partial charge in [0.05, 0.1) is 25.4 Å². The first-order valence-corrected chi connectivity index (χ1v) is 8.43. The summed E-state index contributed by atoms with van der Waals surface area (Å²) < 4.78 is 12.6. The molecule has 0 aliphatic carbocycles. The van der Waals surface area contributed by atoms with Crippen molar-refractivity contribution in [2.75, 3.05) is 11.0 Å². The molecule has 2 N–H and O–H groups in total. The maximum Gasteiger partial charge on any atom is 0.112 e. The van der Waals surface area contributed by atoms with E-state index in [-0.39, 0.29) is 18.8 Å². The summed E-state index contributed by atoms with van der Waals surface area (Å²) in [6, 6.07) is 9.81. The molecule has 0 saturated carbocycles. The van der Waals surface area contributed by atoms with E-state index in [0.717, 1.165) is 22.8 Å². The third-order valence-electron chi connectivity index (χ3n) is 3.53. The van der Waals surface area contributed by atoms with Crippen LogP contribution in [0.3, 0.4) is 0 Å². The van der Waals surface area contributed by atoms with E-state index in [9.17, 15) is 10.2 Å². The van der Waals surface area contributed by atoms with Crippen LogP contribution >= 0.6 is 22.6 Å². The average Bonchev–Trinajstić information content (AvgIpc) is 2.97. The number of halogens is 1. The molecule has 4 atom stereocenters. The standard InChI is InChI=1S/C15H21IO4/c16-8-12-6-7-14(20-12)15(13(18)9-17)19-10-11-4-2-1-3-5-11/h1-5,12-15,17-18H,6-10H2/t12?,13-,14+,15+/m0/s1. The molecule has 5 heteroatoms. The Morgan fingerprint density at radius 3 is 2.65 bits per heavy atom. The zero-order valence-electron chi connectivity index (χ0n) is 11.3. The molecular weight excluding hydrogens is 371 g/mol. The third kappa shape index (κ3) is 4.39. The molecule has 1 fully saturated rings. The number of benzene rings is 1. The molecule has 112 valence electrons. The van der Waals surface area contributed by atoms with E-state index in [1.807, 2.05) is 30.3 Å². The fourth-order valence-corrected chi connectivity index (χ4v) is 3.07. The number of aliphatic hydroxyl groups excluding tert-OH is 2. The van der Waals surface area contributed by atoms with Gasteiger partial charge in [0, 0.05) is 4.43 Å². The van der Waals surface area contributed by atoms with Crippen molar-refractivity contribution in [2.24, 2.45) is 0 Å². The van der Waals surface area contributed by atoms with Gasteiger partial charge in [-0.1, -0.05) is 52.9 Å². The van der Waals surface area contributed by atoms with Crippen LogP contribution in [-0.4, -0.2) is 45.7 Å². The molecule has 0 aromatic heterocycles. The maximum absolute atomic E-state index is 9.96. The van der Waals surface area contributed by atoms with Gasteiger partial charge in [0.1, 0.15) is 12.2 Å². The Hall–Kier alpha value is -0.210. The summed E-state index contributed by atoms with van der Waals surface area (Å²) in [6.45, 7) is 0.103. The highest BCUT2D eigenvalue weighted by Gasteiger charge is 2.35. The van der Waals surface area contributed by atoms with Crippen LogP contribution in [0, 0.1) is 0 Å². The summed E-state index contributed by atoms with van der Waals surface area (Å²) >= 11 is 2.30. The molecule has 1 aliphatic heterocycles. The van der Waals surface area contributed by atoms with E-state index in [4.69, 9.17) is 9.47 Å². The SMILES string of the molecule is OC[C@H](O)[C@@H](OCc1ccccc1)[C@H]1CCC(CI)O1. The fraction of sp³-hybridized carbons (Fsp3) is 0.600. The number of hydrogen-bond donors (Lipinski definition) is 2. The van der Waals surface area contributed by atoms with Crippen molar-refractivity contribution in [3.63, 3.8) is 0 Å². The van der Waals surface area contributed by atoms with Gasteiger partial charge in [-0.05, 0) is 18.4 Å². The summed E-state index contributed by atoms with van der Waals surface area (Å²) in [4.78, 5) is 0. The highest BCUT2D eigenvalue weighted by atomic mass is 127. The predicted molar refractivity (Wildman–Crippen MR) is 84.9 cm³/mol. The molecule has 1 aromatic carbocycles. The summed E-state index contributed by atoms with van der Waals surface area (Å²) in [5, 5.41) is 19.2. The molecule has 1 heterocycles. The van der Waals surface area contributed by atoms with Crippen LogP contribution in [0.5, 0.6) is 0 Å². The van der Waals surface area contributed by atoms with E-state index in [1.54, 1.807) is 0 Å². The Morgan fingerprint density at radius 1 is 1.30 bits per heavy atom. The van der Waals surface area contributed by atoms with Crippen molar-refractivity contribution in [1.29, 1.82) is 0 Å². The summed E-state index contributed by atoms with van der Waals surface area (Å²) in [5.74, 6) is 0. The lowest BCUT2D eigenvalue weighted by molar-refractivity contribution is -0.130. The van der Waals surface area contributed by atoms with Crippen LogP contribution < -0.4 is 0 Å². The maximum atomic E-state index is 9.96. The minimum Gasteiger partial charge on any atom is -0.394 e. The first kappa shape index (κ1) is 16.2. The normalized spacial score (nSPS) is 25.6. The lowest BCUT2D eigenvalue weighted by Crippen LogP contribution is -2.41. The molecule has 2 rings (SSSR count). The zero-order valence-corrected chi connectivity index (χ0v) is 13.5. The molecule has 4 nitrogen and oxygen atoms in total. The third-order valence-corrected chi connectivity index (χ3v) is 4.51. The molecule has 0 radical (unpaired) electrons. The highest BCUT2D eigenvalue weighted by molar-refractivity contribution is 14.1. The highest BCUT2D eigenvalue weighted by Crippen LogP contribution is 2.27. The molecule has 1 aliphatic rings. The van der Waals surface area contributed by atoms with Crippen molar-refractivity contribution in [3.8, 4) is 0 Å². The number of ether oxygens (including phenoxy) is 2. The van der Waals surface area contributed by atoms with Crippen LogP contribution in [0.4, 0.5) is 0 Å². The average molecular weight is 392 g/mol. The second kappa shape index (κ2) is 8.29. The van der Waals surface area contributed by atoms with Crippen molar-refractivity contribution >= 4 is 22.6 Å². The lowest BCUT2D eigenvalue weighted by atomic mass is 10.0. The van der Waals surface area contributed by atoms with E-state index in [0.29, 0.717) is 6.61 Å². The minimum atomic E-state index is -0.906. The number of rotatable bonds is 7. The number of hydrogen-bond acceptors (Lipinski definition) is 4. The second-order valence-corrected chi connectivity index (χ2v) is 5.92. The van der Waals surface area contributed by atoms with Gasteiger partial charge >= 0.3 is 0 Å². The van der Waals surface area contributed by atoms with Crippen LogP contribution in [0.2, 0.25) is 0 Å². The predicted octanol–water partition coefficient (Wildman–Crippen LogP) is 1.91. The van der Waals surface area contributed by atoms with E-state index >= 15 is 0 Å². The Morgan fingerprint density at radius 2 is 2.05 bits per heavy atom. The van der Waals surface area contributed by atoms with E-state index < -0.39 is 12.2 Å². The Balaban J connectivity index is 1.94. The van der Waals surface area contributed by atoms with Crippen LogP contribution in [0.25, 0.3) is 0 Å². The van der Waals surface area contributed by atoms with Gasteiger partial charge in [0.15, 0.2) is 0 Å². The molecule has 0 bridgehead atoms. The monoisotopic (exact) mass is 392 g/mol. The van der Waals surface area contributed by atoms with Crippen molar-refractivity contribution in [3.05, 3.63) is 35.9 Å². The molecule has 0 amide bonds. The Labute approximate surface area is 133 Å². The van der Waals surface area contributed by atoms with Crippen molar-refractivity contribution in [2.45, 2.75) is 43.9 Å². The van der Waals surface area contributed by atoms with Crippen LogP contribution in [0.1, 0.15) is 18.4 Å². The second-order valence-electron chi connectivity index (χ2n) is 5.04. The quantitative estimate of drug-likeness (QED) is 0.550. The largest absolute Gasteiger partial charge is 0.394 e. The molecule has 1 aromatic rings. The fourth-order valence-electron chi connectivity index (χ4n) is 2.43. The van der Waals surface area contributed by atoms with Crippen LogP contribution in [0.15, 0.2) is 30.3 Å². The first-order chi connectivity index (χ1) is 9.74. The summed E-state index contributed by atoms with van der Waals surface area (Å²) in [7, 11) is 0. The van der Waals surface area contributed by atoms with Gasteiger partial charge in [0.2, 0.25) is 0 Å². The van der Waals surface area contributed by atoms with Gasteiger partial charge in [-0.25, -0.2) is 0 Å². The van der Waals surface area contributed by atoms with E-state index in [2.05, 4.69) is 22.6 Å². The first-order valence-electron chi connectivity index (χ1n) is 6.90.